The first-order valence-electron chi connectivity index (χ1n) is 5.51. The molecule has 1 amide bonds. The van der Waals surface area contributed by atoms with E-state index in [9.17, 15) is 4.79 Å². The van der Waals surface area contributed by atoms with Crippen LogP contribution in [-0.2, 0) is 17.8 Å². The highest BCUT2D eigenvalue weighted by Gasteiger charge is 2.25. The Labute approximate surface area is 89.7 Å². The predicted octanol–water partition coefficient (Wildman–Crippen LogP) is 0.890. The summed E-state index contributed by atoms with van der Waals surface area (Å²) in [6, 6.07) is 2.08. The first-order chi connectivity index (χ1) is 7.20. The fraction of sp³-hybridized carbons (Fsp3) is 0.636. The van der Waals surface area contributed by atoms with Crippen LogP contribution in [0.5, 0.6) is 0 Å². The van der Waals surface area contributed by atoms with E-state index in [2.05, 4.69) is 23.4 Å². The maximum atomic E-state index is 11.4. The van der Waals surface area contributed by atoms with Crippen molar-refractivity contribution in [1.82, 2.24) is 15.1 Å². The van der Waals surface area contributed by atoms with Crippen molar-refractivity contribution in [3.63, 3.8) is 0 Å². The lowest BCUT2D eigenvalue weighted by atomic mass is 10.0. The molecule has 0 spiro atoms. The average molecular weight is 207 g/mol. The number of aromatic nitrogens is 2. The zero-order valence-electron chi connectivity index (χ0n) is 9.29. The summed E-state index contributed by atoms with van der Waals surface area (Å²) in [5.74, 6) is 0.336. The number of amides is 1. The van der Waals surface area contributed by atoms with Gasteiger partial charge in [-0.15, -0.1) is 0 Å². The lowest BCUT2D eigenvalue weighted by molar-refractivity contribution is -0.122. The quantitative estimate of drug-likeness (QED) is 0.800. The minimum absolute atomic E-state index is 0.145. The average Bonchev–Trinajstić information content (AvgIpc) is 2.75. The van der Waals surface area contributed by atoms with E-state index in [0.29, 0.717) is 0 Å². The molecule has 15 heavy (non-hydrogen) atoms. The van der Waals surface area contributed by atoms with E-state index in [4.69, 9.17) is 0 Å². The molecule has 2 heterocycles. The molecule has 0 saturated carbocycles. The third-order valence-corrected chi connectivity index (χ3v) is 2.90. The number of carbonyl (C=O) groups excluding carboxylic acids is 1. The highest BCUT2D eigenvalue weighted by Crippen LogP contribution is 2.17. The molecule has 1 atom stereocenters. The monoisotopic (exact) mass is 207 g/mol. The Morgan fingerprint density at radius 1 is 1.67 bits per heavy atom. The highest BCUT2D eigenvalue weighted by atomic mass is 16.2. The van der Waals surface area contributed by atoms with Crippen LogP contribution in [0.25, 0.3) is 0 Å². The molecule has 1 unspecified atom stereocenters. The molecule has 1 saturated heterocycles. The van der Waals surface area contributed by atoms with Crippen molar-refractivity contribution >= 4 is 5.91 Å². The van der Waals surface area contributed by atoms with Crippen molar-refractivity contribution in [2.24, 2.45) is 5.92 Å². The summed E-state index contributed by atoms with van der Waals surface area (Å²) in [6.45, 7) is 5.76. The van der Waals surface area contributed by atoms with Gasteiger partial charge in [0.25, 0.3) is 0 Å². The zero-order chi connectivity index (χ0) is 10.8. The van der Waals surface area contributed by atoms with Gasteiger partial charge >= 0.3 is 0 Å². The Kier molecular flexibility index (Phi) is 2.75. The maximum Gasteiger partial charge on any atom is 0.223 e. The molecule has 1 N–H and O–H groups in total. The smallest absolute Gasteiger partial charge is 0.223 e. The van der Waals surface area contributed by atoms with Gasteiger partial charge in [-0.25, -0.2) is 0 Å². The van der Waals surface area contributed by atoms with Gasteiger partial charge in [0.15, 0.2) is 0 Å². The Morgan fingerprint density at radius 2 is 2.47 bits per heavy atom. The topological polar surface area (TPSA) is 46.9 Å². The number of aryl methyl sites for hydroxylation is 2. The molecule has 82 valence electrons. The van der Waals surface area contributed by atoms with Crippen LogP contribution in [-0.4, -0.2) is 22.2 Å². The van der Waals surface area contributed by atoms with Crippen molar-refractivity contribution in [2.45, 2.75) is 33.2 Å². The largest absolute Gasteiger partial charge is 0.356 e. The summed E-state index contributed by atoms with van der Waals surface area (Å²) in [5.41, 5.74) is 2.21. The highest BCUT2D eigenvalue weighted by molar-refractivity contribution is 5.80. The molecule has 0 aliphatic carbocycles. The Bertz CT molecular complexity index is 370. The van der Waals surface area contributed by atoms with E-state index in [1.54, 1.807) is 0 Å². The molecule has 1 aromatic rings. The molecular weight excluding hydrogens is 190 g/mol. The number of nitrogens with one attached hydrogen (secondary N) is 1. The minimum Gasteiger partial charge on any atom is -0.356 e. The Balaban J connectivity index is 2.12. The molecule has 1 aliphatic heterocycles. The second kappa shape index (κ2) is 4.04. The summed E-state index contributed by atoms with van der Waals surface area (Å²) in [6.07, 6.45) is 1.77. The van der Waals surface area contributed by atoms with Crippen molar-refractivity contribution in [2.75, 3.05) is 6.54 Å². The molecule has 1 fully saturated rings. The first kappa shape index (κ1) is 10.2. The van der Waals surface area contributed by atoms with Crippen molar-refractivity contribution < 1.29 is 4.79 Å². The van der Waals surface area contributed by atoms with Crippen molar-refractivity contribution in [1.29, 1.82) is 0 Å². The van der Waals surface area contributed by atoms with Crippen LogP contribution in [0.2, 0.25) is 0 Å². The molecule has 4 heteroatoms. The molecule has 0 aromatic carbocycles. The van der Waals surface area contributed by atoms with E-state index in [1.165, 1.54) is 5.69 Å². The fourth-order valence-corrected chi connectivity index (χ4v) is 2.13. The van der Waals surface area contributed by atoms with E-state index < -0.39 is 0 Å². The van der Waals surface area contributed by atoms with Gasteiger partial charge in [0.2, 0.25) is 5.91 Å². The van der Waals surface area contributed by atoms with E-state index >= 15 is 0 Å². The number of hydrogen-bond acceptors (Lipinski definition) is 2. The molecule has 2 rings (SSSR count). The zero-order valence-corrected chi connectivity index (χ0v) is 9.29. The summed E-state index contributed by atoms with van der Waals surface area (Å²) in [5, 5.41) is 7.25. The molecular formula is C11H17N3O. The van der Waals surface area contributed by atoms with Gasteiger partial charge in [-0.2, -0.15) is 5.10 Å². The van der Waals surface area contributed by atoms with Crippen molar-refractivity contribution in [3.05, 3.63) is 17.5 Å². The van der Waals surface area contributed by atoms with Gasteiger partial charge in [0.05, 0.1) is 5.69 Å². The third-order valence-electron chi connectivity index (χ3n) is 2.90. The summed E-state index contributed by atoms with van der Waals surface area (Å²) >= 11 is 0. The van der Waals surface area contributed by atoms with Gasteiger partial charge in [-0.3, -0.25) is 9.48 Å². The van der Waals surface area contributed by atoms with Crippen LogP contribution in [0.3, 0.4) is 0 Å². The SMILES string of the molecule is CCn1nc(C)cc1CC1CCNC1=O. The minimum atomic E-state index is 0.145. The van der Waals surface area contributed by atoms with Gasteiger partial charge in [0.1, 0.15) is 0 Å². The van der Waals surface area contributed by atoms with Crippen LogP contribution >= 0.6 is 0 Å². The predicted molar refractivity (Wildman–Crippen MR) is 57.5 cm³/mol. The molecule has 0 bridgehead atoms. The Hall–Kier alpha value is -1.32. The van der Waals surface area contributed by atoms with Gasteiger partial charge in [-0.1, -0.05) is 0 Å². The molecule has 1 aromatic heterocycles. The van der Waals surface area contributed by atoms with E-state index in [1.807, 2.05) is 11.6 Å². The summed E-state index contributed by atoms with van der Waals surface area (Å²) in [7, 11) is 0. The summed E-state index contributed by atoms with van der Waals surface area (Å²) in [4.78, 5) is 11.4. The molecule has 4 nitrogen and oxygen atoms in total. The lowest BCUT2D eigenvalue weighted by Crippen LogP contribution is -2.21. The fourth-order valence-electron chi connectivity index (χ4n) is 2.13. The molecule has 0 radical (unpaired) electrons. The van der Waals surface area contributed by atoms with Gasteiger partial charge in [0, 0.05) is 31.1 Å². The normalized spacial score (nSPS) is 20.7. The second-order valence-corrected chi connectivity index (χ2v) is 4.07. The number of nitrogens with zero attached hydrogens (tertiary/aromatic N) is 2. The Morgan fingerprint density at radius 3 is 3.07 bits per heavy atom. The van der Waals surface area contributed by atoms with Crippen molar-refractivity contribution in [3.8, 4) is 0 Å². The second-order valence-electron chi connectivity index (χ2n) is 4.07. The van der Waals surface area contributed by atoms with Crippen LogP contribution in [0.4, 0.5) is 0 Å². The number of carbonyl (C=O) groups is 1. The van der Waals surface area contributed by atoms with E-state index in [-0.39, 0.29) is 11.8 Å². The standard InChI is InChI=1S/C11H17N3O/c1-3-14-10(6-8(2)13-14)7-9-4-5-12-11(9)15/h6,9H,3-5,7H2,1-2H3,(H,12,15). The first-order valence-corrected chi connectivity index (χ1v) is 5.51. The van der Waals surface area contributed by atoms with Gasteiger partial charge in [-0.05, 0) is 26.3 Å². The number of rotatable bonds is 3. The maximum absolute atomic E-state index is 11.4. The van der Waals surface area contributed by atoms with Crippen LogP contribution in [0.15, 0.2) is 6.07 Å². The van der Waals surface area contributed by atoms with Crippen LogP contribution in [0, 0.1) is 12.8 Å². The third kappa shape index (κ3) is 2.03. The van der Waals surface area contributed by atoms with Crippen LogP contribution in [0.1, 0.15) is 24.7 Å². The summed E-state index contributed by atoms with van der Waals surface area (Å²) < 4.78 is 1.99. The molecule has 1 aliphatic rings. The lowest BCUT2D eigenvalue weighted by Gasteiger charge is -2.08. The van der Waals surface area contributed by atoms with Gasteiger partial charge < -0.3 is 5.32 Å². The van der Waals surface area contributed by atoms with Crippen LogP contribution < -0.4 is 5.32 Å². The number of hydrogen-bond donors (Lipinski definition) is 1. The van der Waals surface area contributed by atoms with E-state index in [0.717, 1.165) is 31.6 Å².